The molecule has 0 radical (unpaired) electrons. The van der Waals surface area contributed by atoms with Gasteiger partial charge in [0.05, 0.1) is 13.2 Å². The summed E-state index contributed by atoms with van der Waals surface area (Å²) in [5.41, 5.74) is 0. The van der Waals surface area contributed by atoms with Gasteiger partial charge in [0, 0.05) is 6.04 Å². The molecule has 14 heavy (non-hydrogen) atoms. The second-order valence-corrected chi connectivity index (χ2v) is 4.38. The van der Waals surface area contributed by atoms with E-state index < -0.39 is 0 Å². The number of rotatable bonds is 3. The molecule has 0 saturated carbocycles. The summed E-state index contributed by atoms with van der Waals surface area (Å²) in [4.78, 5) is 2.46. The van der Waals surface area contributed by atoms with Crippen LogP contribution in [-0.4, -0.2) is 44.0 Å². The second-order valence-electron chi connectivity index (χ2n) is 4.38. The average Bonchev–Trinajstić information content (AvgIpc) is 2.63. The Hall–Kier alpha value is -0.120. The van der Waals surface area contributed by atoms with Crippen LogP contribution < -0.4 is 0 Å². The van der Waals surface area contributed by atoms with Gasteiger partial charge in [-0.3, -0.25) is 0 Å². The van der Waals surface area contributed by atoms with Crippen LogP contribution in [0.2, 0.25) is 0 Å². The maximum absolute atomic E-state index is 5.53. The van der Waals surface area contributed by atoms with Crippen molar-refractivity contribution >= 4 is 0 Å². The molecular weight excluding hydrogens is 178 g/mol. The van der Waals surface area contributed by atoms with Gasteiger partial charge in [-0.2, -0.15) is 0 Å². The lowest BCUT2D eigenvalue weighted by Crippen LogP contribution is -2.29. The molecule has 3 heteroatoms. The molecular formula is C11H21NO2. The molecule has 2 fully saturated rings. The highest BCUT2D eigenvalue weighted by molar-refractivity contribution is 4.76. The van der Waals surface area contributed by atoms with Crippen molar-refractivity contribution in [2.24, 2.45) is 0 Å². The maximum Gasteiger partial charge on any atom is 0.157 e. The predicted molar refractivity (Wildman–Crippen MR) is 55.2 cm³/mol. The first kappa shape index (κ1) is 10.4. The molecule has 3 nitrogen and oxygen atoms in total. The Kier molecular flexibility index (Phi) is 3.79. The molecule has 2 aliphatic heterocycles. The summed E-state index contributed by atoms with van der Waals surface area (Å²) in [6.45, 7) is 3.02. The van der Waals surface area contributed by atoms with Crippen molar-refractivity contribution in [2.75, 3.05) is 26.8 Å². The van der Waals surface area contributed by atoms with Crippen molar-refractivity contribution in [3.05, 3.63) is 0 Å². The third kappa shape index (κ3) is 2.69. The Bertz CT molecular complexity index is 169. The molecule has 0 N–H and O–H groups in total. The van der Waals surface area contributed by atoms with E-state index in [4.69, 9.17) is 9.47 Å². The van der Waals surface area contributed by atoms with Crippen molar-refractivity contribution < 1.29 is 9.47 Å². The molecule has 0 aromatic rings. The molecule has 2 saturated heterocycles. The summed E-state index contributed by atoms with van der Waals surface area (Å²) < 4.78 is 11.1. The monoisotopic (exact) mass is 199 g/mol. The fourth-order valence-electron chi connectivity index (χ4n) is 2.38. The van der Waals surface area contributed by atoms with Gasteiger partial charge in [-0.25, -0.2) is 0 Å². The third-order valence-corrected chi connectivity index (χ3v) is 3.30. The standard InChI is InChI=1S/C11H21NO2/c1-12-7-2-4-10(12)5-6-11-13-8-3-9-14-11/h10-11H,2-9H2,1H3. The summed E-state index contributed by atoms with van der Waals surface area (Å²) >= 11 is 0. The van der Waals surface area contributed by atoms with Crippen molar-refractivity contribution in [2.45, 2.75) is 44.4 Å². The lowest BCUT2D eigenvalue weighted by Gasteiger charge is -2.26. The van der Waals surface area contributed by atoms with E-state index in [2.05, 4.69) is 11.9 Å². The minimum atomic E-state index is 0.0812. The van der Waals surface area contributed by atoms with Gasteiger partial charge in [0.15, 0.2) is 6.29 Å². The normalized spacial score (nSPS) is 31.1. The van der Waals surface area contributed by atoms with E-state index in [1.54, 1.807) is 0 Å². The number of ether oxygens (including phenoxy) is 2. The fourth-order valence-corrected chi connectivity index (χ4v) is 2.38. The van der Waals surface area contributed by atoms with Crippen LogP contribution in [0.25, 0.3) is 0 Å². The summed E-state index contributed by atoms with van der Waals surface area (Å²) in [7, 11) is 2.22. The minimum absolute atomic E-state index is 0.0812. The first-order valence-corrected chi connectivity index (χ1v) is 5.80. The topological polar surface area (TPSA) is 21.7 Å². The largest absolute Gasteiger partial charge is 0.353 e. The maximum atomic E-state index is 5.53. The molecule has 2 rings (SSSR count). The van der Waals surface area contributed by atoms with E-state index in [9.17, 15) is 0 Å². The lowest BCUT2D eigenvalue weighted by atomic mass is 10.1. The minimum Gasteiger partial charge on any atom is -0.353 e. The van der Waals surface area contributed by atoms with Crippen molar-refractivity contribution in [1.29, 1.82) is 0 Å². The van der Waals surface area contributed by atoms with Crippen LogP contribution in [0.4, 0.5) is 0 Å². The first-order chi connectivity index (χ1) is 6.86. The highest BCUT2D eigenvalue weighted by atomic mass is 16.7. The average molecular weight is 199 g/mol. The summed E-state index contributed by atoms with van der Waals surface area (Å²) in [5.74, 6) is 0. The Morgan fingerprint density at radius 3 is 2.57 bits per heavy atom. The van der Waals surface area contributed by atoms with Crippen molar-refractivity contribution in [1.82, 2.24) is 4.90 Å². The van der Waals surface area contributed by atoms with Crippen molar-refractivity contribution in [3.8, 4) is 0 Å². The molecule has 0 spiro atoms. The summed E-state index contributed by atoms with van der Waals surface area (Å²) in [6, 6.07) is 0.768. The zero-order valence-electron chi connectivity index (χ0n) is 9.08. The first-order valence-electron chi connectivity index (χ1n) is 5.80. The van der Waals surface area contributed by atoms with Gasteiger partial charge in [-0.15, -0.1) is 0 Å². The molecule has 1 atom stereocenters. The van der Waals surface area contributed by atoms with Crippen LogP contribution in [0.1, 0.15) is 32.1 Å². The van der Waals surface area contributed by atoms with Gasteiger partial charge in [0.1, 0.15) is 0 Å². The van der Waals surface area contributed by atoms with Gasteiger partial charge in [-0.1, -0.05) is 0 Å². The summed E-state index contributed by atoms with van der Waals surface area (Å²) in [6.07, 6.45) is 6.13. The number of hydrogen-bond acceptors (Lipinski definition) is 3. The molecule has 1 unspecified atom stereocenters. The molecule has 0 aliphatic carbocycles. The van der Waals surface area contributed by atoms with Crippen molar-refractivity contribution in [3.63, 3.8) is 0 Å². The highest BCUT2D eigenvalue weighted by Crippen LogP contribution is 2.21. The zero-order chi connectivity index (χ0) is 9.80. The van der Waals surface area contributed by atoms with E-state index >= 15 is 0 Å². The predicted octanol–water partition coefficient (Wildman–Crippen LogP) is 1.62. The number of hydrogen-bond donors (Lipinski definition) is 0. The van der Waals surface area contributed by atoms with Gasteiger partial charge >= 0.3 is 0 Å². The Morgan fingerprint density at radius 1 is 1.14 bits per heavy atom. The van der Waals surface area contributed by atoms with Crippen LogP contribution in [0.3, 0.4) is 0 Å². The second kappa shape index (κ2) is 5.10. The smallest absolute Gasteiger partial charge is 0.157 e. The molecule has 0 bridgehead atoms. The number of nitrogens with zero attached hydrogens (tertiary/aromatic N) is 1. The lowest BCUT2D eigenvalue weighted by molar-refractivity contribution is -0.182. The Morgan fingerprint density at radius 2 is 1.93 bits per heavy atom. The van der Waals surface area contributed by atoms with E-state index in [1.807, 2.05) is 0 Å². The van der Waals surface area contributed by atoms with Crippen LogP contribution in [0.5, 0.6) is 0 Å². The van der Waals surface area contributed by atoms with E-state index in [1.165, 1.54) is 25.8 Å². The Balaban J connectivity index is 1.65. The van der Waals surface area contributed by atoms with E-state index in [-0.39, 0.29) is 6.29 Å². The molecule has 0 amide bonds. The van der Waals surface area contributed by atoms with Crippen LogP contribution >= 0.6 is 0 Å². The molecule has 0 aromatic heterocycles. The molecule has 82 valence electrons. The Labute approximate surface area is 86.4 Å². The van der Waals surface area contributed by atoms with E-state index in [0.29, 0.717) is 0 Å². The SMILES string of the molecule is CN1CCCC1CCC1OCCCO1. The van der Waals surface area contributed by atoms with Gasteiger partial charge < -0.3 is 14.4 Å². The summed E-state index contributed by atoms with van der Waals surface area (Å²) in [5, 5.41) is 0. The number of likely N-dealkylation sites (tertiary alicyclic amines) is 1. The molecule has 0 aromatic carbocycles. The zero-order valence-corrected chi connectivity index (χ0v) is 9.08. The van der Waals surface area contributed by atoms with Crippen LogP contribution in [-0.2, 0) is 9.47 Å². The van der Waals surface area contributed by atoms with Crippen LogP contribution in [0.15, 0.2) is 0 Å². The van der Waals surface area contributed by atoms with Crippen LogP contribution in [0, 0.1) is 0 Å². The van der Waals surface area contributed by atoms with Gasteiger partial charge in [0.2, 0.25) is 0 Å². The van der Waals surface area contributed by atoms with E-state index in [0.717, 1.165) is 32.1 Å². The molecule has 2 aliphatic rings. The van der Waals surface area contributed by atoms with Gasteiger partial charge in [-0.05, 0) is 45.7 Å². The van der Waals surface area contributed by atoms with Gasteiger partial charge in [0.25, 0.3) is 0 Å². The fraction of sp³-hybridized carbons (Fsp3) is 1.00. The quantitative estimate of drug-likeness (QED) is 0.689. The highest BCUT2D eigenvalue weighted by Gasteiger charge is 2.23. The third-order valence-electron chi connectivity index (χ3n) is 3.30. The molecule has 2 heterocycles.